The zero-order valence-electron chi connectivity index (χ0n) is 16.2. The summed E-state index contributed by atoms with van der Waals surface area (Å²) in [6, 6.07) is 23.1. The molecule has 142 valence electrons. The Balaban J connectivity index is 1.94. The second-order valence-electron chi connectivity index (χ2n) is 6.53. The lowest BCUT2D eigenvalue weighted by Gasteiger charge is -2.09. The van der Waals surface area contributed by atoms with Crippen molar-refractivity contribution < 1.29 is 14.2 Å². The van der Waals surface area contributed by atoms with Gasteiger partial charge in [-0.15, -0.1) is 11.3 Å². The fourth-order valence-corrected chi connectivity index (χ4v) is 4.59. The number of methoxy groups -OCH3 is 3. The monoisotopic (exact) mass is 390 g/mol. The minimum atomic E-state index is 0.612. The Kier molecular flexibility index (Phi) is 5.33. The molecule has 0 spiro atoms. The minimum Gasteiger partial charge on any atom is -0.497 e. The highest BCUT2D eigenvalue weighted by Crippen LogP contribution is 2.46. The third-order valence-corrected chi connectivity index (χ3v) is 6.00. The molecule has 0 aliphatic rings. The average molecular weight is 391 g/mol. The van der Waals surface area contributed by atoms with Crippen molar-refractivity contribution in [1.82, 2.24) is 0 Å². The van der Waals surface area contributed by atoms with Crippen molar-refractivity contribution in [2.45, 2.75) is 6.61 Å². The van der Waals surface area contributed by atoms with Gasteiger partial charge < -0.3 is 14.2 Å². The Hall–Kier alpha value is -2.82. The molecule has 0 atom stereocenters. The van der Waals surface area contributed by atoms with Crippen molar-refractivity contribution in [2.75, 3.05) is 21.3 Å². The van der Waals surface area contributed by atoms with Crippen LogP contribution < -0.4 is 9.47 Å². The van der Waals surface area contributed by atoms with Crippen molar-refractivity contribution in [3.8, 4) is 33.1 Å². The highest BCUT2D eigenvalue weighted by Gasteiger charge is 2.17. The minimum absolute atomic E-state index is 0.612. The summed E-state index contributed by atoms with van der Waals surface area (Å²) in [6.45, 7) is 0.612. The Morgan fingerprint density at radius 1 is 0.750 bits per heavy atom. The highest BCUT2D eigenvalue weighted by molar-refractivity contribution is 7.23. The summed E-state index contributed by atoms with van der Waals surface area (Å²) in [6.07, 6.45) is 0. The van der Waals surface area contributed by atoms with Gasteiger partial charge in [0.1, 0.15) is 11.5 Å². The first-order chi connectivity index (χ1) is 13.7. The molecular weight excluding hydrogens is 368 g/mol. The van der Waals surface area contributed by atoms with E-state index in [0.29, 0.717) is 6.61 Å². The van der Waals surface area contributed by atoms with Crippen molar-refractivity contribution in [2.24, 2.45) is 0 Å². The fraction of sp³-hybridized carbons (Fsp3) is 0.167. The van der Waals surface area contributed by atoms with Crippen LogP contribution in [-0.2, 0) is 11.3 Å². The normalized spacial score (nSPS) is 11.0. The summed E-state index contributed by atoms with van der Waals surface area (Å²) in [4.78, 5) is 1.22. The molecule has 1 aromatic heterocycles. The van der Waals surface area contributed by atoms with E-state index in [1.54, 1.807) is 32.7 Å². The second-order valence-corrected chi connectivity index (χ2v) is 7.58. The molecular formula is C24H22O3S. The molecule has 4 rings (SSSR count). The molecule has 3 nitrogen and oxygen atoms in total. The molecule has 0 aliphatic heterocycles. The fourth-order valence-electron chi connectivity index (χ4n) is 3.39. The molecule has 3 aromatic carbocycles. The number of hydrogen-bond acceptors (Lipinski definition) is 4. The Morgan fingerprint density at radius 2 is 1.50 bits per heavy atom. The lowest BCUT2D eigenvalue weighted by Crippen LogP contribution is -1.88. The van der Waals surface area contributed by atoms with Crippen LogP contribution in [0.5, 0.6) is 11.5 Å². The third kappa shape index (κ3) is 3.49. The van der Waals surface area contributed by atoms with E-state index in [1.807, 2.05) is 18.2 Å². The van der Waals surface area contributed by atoms with E-state index in [4.69, 9.17) is 14.2 Å². The quantitative estimate of drug-likeness (QED) is 0.381. The average Bonchev–Trinajstić information content (AvgIpc) is 3.13. The van der Waals surface area contributed by atoms with Crippen LogP contribution in [0.2, 0.25) is 0 Å². The smallest absolute Gasteiger partial charge is 0.119 e. The summed E-state index contributed by atoms with van der Waals surface area (Å²) in [5.74, 6) is 1.72. The van der Waals surface area contributed by atoms with Gasteiger partial charge in [0.2, 0.25) is 0 Å². The highest BCUT2D eigenvalue weighted by atomic mass is 32.1. The molecule has 0 radical (unpaired) electrons. The predicted molar refractivity (Wildman–Crippen MR) is 117 cm³/mol. The zero-order valence-corrected chi connectivity index (χ0v) is 17.0. The molecule has 0 saturated heterocycles. The van der Waals surface area contributed by atoms with Crippen LogP contribution >= 0.6 is 11.3 Å². The molecule has 28 heavy (non-hydrogen) atoms. The van der Waals surface area contributed by atoms with Crippen molar-refractivity contribution >= 4 is 21.4 Å². The van der Waals surface area contributed by atoms with Crippen LogP contribution in [0.25, 0.3) is 31.7 Å². The molecule has 1 heterocycles. The maximum absolute atomic E-state index is 5.48. The Morgan fingerprint density at radius 3 is 2.21 bits per heavy atom. The lowest BCUT2D eigenvalue weighted by molar-refractivity contribution is 0.185. The molecule has 4 heteroatoms. The maximum atomic E-state index is 5.48. The van der Waals surface area contributed by atoms with E-state index in [9.17, 15) is 0 Å². The zero-order chi connectivity index (χ0) is 19.5. The summed E-state index contributed by atoms with van der Waals surface area (Å²) in [5.41, 5.74) is 4.70. The SMILES string of the molecule is COCc1ccc(-c2c(-c3cccc(OC)c3)sc3ccc(OC)cc23)cc1. The molecule has 0 bridgehead atoms. The van der Waals surface area contributed by atoms with Gasteiger partial charge >= 0.3 is 0 Å². The first-order valence-electron chi connectivity index (χ1n) is 9.06. The Bertz CT molecular complexity index is 1100. The first kappa shape index (κ1) is 18.5. The summed E-state index contributed by atoms with van der Waals surface area (Å²) in [5, 5.41) is 1.20. The van der Waals surface area contributed by atoms with Gasteiger partial charge in [-0.05, 0) is 47.0 Å². The number of rotatable bonds is 6. The van der Waals surface area contributed by atoms with Crippen LogP contribution in [-0.4, -0.2) is 21.3 Å². The molecule has 0 fully saturated rings. The number of fused-ring (bicyclic) bond motifs is 1. The van der Waals surface area contributed by atoms with Gasteiger partial charge in [-0.1, -0.05) is 36.4 Å². The Labute approximate surface area is 169 Å². The van der Waals surface area contributed by atoms with Crippen LogP contribution in [0.1, 0.15) is 5.56 Å². The molecule has 0 N–H and O–H groups in total. The molecule has 0 aliphatic carbocycles. The van der Waals surface area contributed by atoms with Crippen LogP contribution in [0.15, 0.2) is 66.7 Å². The van der Waals surface area contributed by atoms with Gasteiger partial charge in [0.05, 0.1) is 20.8 Å². The van der Waals surface area contributed by atoms with E-state index in [-0.39, 0.29) is 0 Å². The summed E-state index contributed by atoms with van der Waals surface area (Å²) in [7, 11) is 5.12. The van der Waals surface area contributed by atoms with E-state index >= 15 is 0 Å². The molecule has 0 amide bonds. The number of hydrogen-bond donors (Lipinski definition) is 0. The van der Waals surface area contributed by atoms with Gasteiger partial charge in [0.25, 0.3) is 0 Å². The van der Waals surface area contributed by atoms with Crippen molar-refractivity contribution in [3.05, 3.63) is 72.3 Å². The molecule has 0 saturated carbocycles. The first-order valence-corrected chi connectivity index (χ1v) is 9.88. The lowest BCUT2D eigenvalue weighted by atomic mass is 9.98. The molecule has 4 aromatic rings. The predicted octanol–water partition coefficient (Wildman–Crippen LogP) is 6.40. The standard InChI is InChI=1S/C24H22O3S/c1-25-15-16-7-9-17(10-8-16)23-21-14-20(27-3)11-12-22(21)28-24(23)18-5-4-6-19(13-18)26-2/h4-14H,15H2,1-3H3. The van der Waals surface area contributed by atoms with Crippen LogP contribution in [0.4, 0.5) is 0 Å². The largest absolute Gasteiger partial charge is 0.497 e. The summed E-state index contributed by atoms with van der Waals surface area (Å²) >= 11 is 1.79. The third-order valence-electron chi connectivity index (χ3n) is 4.78. The van der Waals surface area contributed by atoms with E-state index in [0.717, 1.165) is 22.6 Å². The van der Waals surface area contributed by atoms with Gasteiger partial charge in [0, 0.05) is 27.6 Å². The number of thiophene rings is 1. The van der Waals surface area contributed by atoms with Gasteiger partial charge in [-0.2, -0.15) is 0 Å². The van der Waals surface area contributed by atoms with E-state index in [1.165, 1.54) is 26.1 Å². The number of ether oxygens (including phenoxy) is 3. The van der Waals surface area contributed by atoms with Crippen molar-refractivity contribution in [1.29, 1.82) is 0 Å². The maximum Gasteiger partial charge on any atom is 0.119 e. The second kappa shape index (κ2) is 8.05. The van der Waals surface area contributed by atoms with Gasteiger partial charge in [0.15, 0.2) is 0 Å². The number of benzene rings is 3. The van der Waals surface area contributed by atoms with E-state index in [2.05, 4.69) is 48.5 Å². The van der Waals surface area contributed by atoms with Crippen LogP contribution in [0.3, 0.4) is 0 Å². The van der Waals surface area contributed by atoms with Gasteiger partial charge in [-0.25, -0.2) is 0 Å². The van der Waals surface area contributed by atoms with Crippen LogP contribution in [0, 0.1) is 0 Å². The van der Waals surface area contributed by atoms with Crippen molar-refractivity contribution in [3.63, 3.8) is 0 Å². The topological polar surface area (TPSA) is 27.7 Å². The summed E-state index contributed by atoms with van der Waals surface area (Å²) < 4.78 is 17.4. The van der Waals surface area contributed by atoms with E-state index < -0.39 is 0 Å². The van der Waals surface area contributed by atoms with Gasteiger partial charge in [-0.3, -0.25) is 0 Å². The molecule has 0 unspecified atom stereocenters.